The summed E-state index contributed by atoms with van der Waals surface area (Å²) in [5.74, 6) is 0.0616. The van der Waals surface area contributed by atoms with Crippen LogP contribution < -0.4 is 5.56 Å². The highest BCUT2D eigenvalue weighted by Crippen LogP contribution is 2.31. The molecular weight excluding hydrogens is 264 g/mol. The first-order valence-corrected chi connectivity index (χ1v) is 7.30. The predicted octanol–water partition coefficient (Wildman–Crippen LogP) is 2.74. The van der Waals surface area contributed by atoms with Gasteiger partial charge in [-0.3, -0.25) is 9.59 Å². The topological polar surface area (TPSA) is 53.2 Å². The molecule has 1 aromatic carbocycles. The van der Waals surface area contributed by atoms with Gasteiger partial charge in [-0.15, -0.1) is 0 Å². The maximum absolute atomic E-state index is 12.7. The highest BCUT2D eigenvalue weighted by Gasteiger charge is 2.28. The fourth-order valence-corrected chi connectivity index (χ4v) is 2.90. The number of aromatic nitrogens is 1. The standard InChI is InChI=1S/C17H18N2O2/c20-16-10-9-14(12-18-16)15-8-4-5-11-19(15)17(21)13-6-2-1-3-7-13/h1-3,6-7,9-10,12,15H,4-5,8,11H2,(H,18,20). The van der Waals surface area contributed by atoms with Crippen molar-refractivity contribution >= 4 is 5.91 Å². The smallest absolute Gasteiger partial charge is 0.254 e. The van der Waals surface area contributed by atoms with Crippen LogP contribution in [-0.4, -0.2) is 22.3 Å². The molecule has 1 aliphatic rings. The number of rotatable bonds is 2. The number of H-pyrrole nitrogens is 1. The number of pyridine rings is 1. The van der Waals surface area contributed by atoms with Crippen LogP contribution in [0.15, 0.2) is 53.5 Å². The number of nitrogens with zero attached hydrogens (tertiary/aromatic N) is 1. The molecule has 1 unspecified atom stereocenters. The molecule has 1 N–H and O–H groups in total. The molecule has 1 aliphatic heterocycles. The normalized spacial score (nSPS) is 18.5. The van der Waals surface area contributed by atoms with Crippen molar-refractivity contribution in [2.45, 2.75) is 25.3 Å². The second-order valence-corrected chi connectivity index (χ2v) is 5.36. The number of likely N-dealkylation sites (tertiary alicyclic amines) is 1. The Morgan fingerprint density at radius 2 is 1.90 bits per heavy atom. The molecule has 0 bridgehead atoms. The van der Waals surface area contributed by atoms with E-state index in [0.29, 0.717) is 5.56 Å². The Kier molecular flexibility index (Phi) is 3.86. The number of aromatic amines is 1. The van der Waals surface area contributed by atoms with Gasteiger partial charge in [0.25, 0.3) is 5.91 Å². The monoisotopic (exact) mass is 282 g/mol. The van der Waals surface area contributed by atoms with Crippen LogP contribution in [0.3, 0.4) is 0 Å². The lowest BCUT2D eigenvalue weighted by atomic mass is 9.95. The van der Waals surface area contributed by atoms with Crippen molar-refractivity contribution in [2.24, 2.45) is 0 Å². The molecule has 1 atom stereocenters. The van der Waals surface area contributed by atoms with Gasteiger partial charge in [0.15, 0.2) is 0 Å². The zero-order valence-corrected chi connectivity index (χ0v) is 11.8. The van der Waals surface area contributed by atoms with Crippen molar-refractivity contribution in [1.82, 2.24) is 9.88 Å². The maximum atomic E-state index is 12.7. The van der Waals surface area contributed by atoms with Crippen molar-refractivity contribution in [1.29, 1.82) is 0 Å². The van der Waals surface area contributed by atoms with Crippen LogP contribution in [0.2, 0.25) is 0 Å². The lowest BCUT2D eigenvalue weighted by Gasteiger charge is -2.36. The molecule has 21 heavy (non-hydrogen) atoms. The number of piperidine rings is 1. The van der Waals surface area contributed by atoms with Crippen LogP contribution in [0.4, 0.5) is 0 Å². The van der Waals surface area contributed by atoms with Gasteiger partial charge in [-0.05, 0) is 37.0 Å². The van der Waals surface area contributed by atoms with Gasteiger partial charge >= 0.3 is 0 Å². The third-order valence-corrected chi connectivity index (χ3v) is 3.98. The minimum Gasteiger partial charge on any atom is -0.332 e. The highest BCUT2D eigenvalue weighted by molar-refractivity contribution is 5.94. The molecule has 0 radical (unpaired) electrons. The van der Waals surface area contributed by atoms with E-state index in [0.717, 1.165) is 31.4 Å². The first-order valence-electron chi connectivity index (χ1n) is 7.30. The minimum atomic E-state index is -0.115. The Balaban J connectivity index is 1.89. The van der Waals surface area contributed by atoms with Crippen molar-refractivity contribution in [3.05, 3.63) is 70.1 Å². The second-order valence-electron chi connectivity index (χ2n) is 5.36. The molecule has 1 fully saturated rings. The van der Waals surface area contributed by atoms with E-state index in [1.54, 1.807) is 6.20 Å². The number of hydrogen-bond donors (Lipinski definition) is 1. The number of hydrogen-bond acceptors (Lipinski definition) is 2. The molecule has 0 saturated carbocycles. The minimum absolute atomic E-state index is 0.0447. The summed E-state index contributed by atoms with van der Waals surface area (Å²) in [6.45, 7) is 0.761. The number of benzene rings is 1. The zero-order valence-electron chi connectivity index (χ0n) is 11.8. The Hall–Kier alpha value is -2.36. The Morgan fingerprint density at radius 1 is 1.10 bits per heavy atom. The van der Waals surface area contributed by atoms with Crippen LogP contribution in [-0.2, 0) is 0 Å². The molecule has 1 aromatic heterocycles. The van der Waals surface area contributed by atoms with Crippen molar-refractivity contribution in [3.63, 3.8) is 0 Å². The Labute approximate surface area is 123 Å². The van der Waals surface area contributed by atoms with E-state index in [2.05, 4.69) is 4.98 Å². The van der Waals surface area contributed by atoms with Gasteiger partial charge in [0.1, 0.15) is 0 Å². The summed E-state index contributed by atoms with van der Waals surface area (Å²) in [4.78, 5) is 28.5. The molecular formula is C17H18N2O2. The predicted molar refractivity (Wildman–Crippen MR) is 81.1 cm³/mol. The van der Waals surface area contributed by atoms with E-state index < -0.39 is 0 Å². The average molecular weight is 282 g/mol. The summed E-state index contributed by atoms with van der Waals surface area (Å²) >= 11 is 0. The van der Waals surface area contributed by atoms with Gasteiger partial charge in [0.2, 0.25) is 5.56 Å². The Morgan fingerprint density at radius 3 is 2.62 bits per heavy atom. The van der Waals surface area contributed by atoms with Crippen LogP contribution in [0, 0.1) is 0 Å². The van der Waals surface area contributed by atoms with Crippen molar-refractivity contribution < 1.29 is 4.79 Å². The third kappa shape index (κ3) is 2.89. The van der Waals surface area contributed by atoms with Crippen LogP contribution in [0.25, 0.3) is 0 Å². The molecule has 4 nitrogen and oxygen atoms in total. The molecule has 0 spiro atoms. The van der Waals surface area contributed by atoms with E-state index in [1.165, 1.54) is 6.07 Å². The van der Waals surface area contributed by atoms with Gasteiger partial charge in [0.05, 0.1) is 6.04 Å². The van der Waals surface area contributed by atoms with E-state index in [4.69, 9.17) is 0 Å². The molecule has 4 heteroatoms. The SMILES string of the molecule is O=C(c1ccccc1)N1CCCCC1c1ccc(=O)[nH]c1. The van der Waals surface area contributed by atoms with Gasteiger partial charge < -0.3 is 9.88 Å². The fraction of sp³-hybridized carbons (Fsp3) is 0.294. The Bertz CT molecular complexity index is 658. The maximum Gasteiger partial charge on any atom is 0.254 e. The quantitative estimate of drug-likeness (QED) is 0.920. The number of amides is 1. The summed E-state index contributed by atoms with van der Waals surface area (Å²) in [5, 5.41) is 0. The van der Waals surface area contributed by atoms with Crippen molar-refractivity contribution in [3.8, 4) is 0 Å². The van der Waals surface area contributed by atoms with E-state index >= 15 is 0 Å². The molecule has 0 aliphatic carbocycles. The van der Waals surface area contributed by atoms with Gasteiger partial charge in [-0.1, -0.05) is 24.3 Å². The van der Waals surface area contributed by atoms with Crippen LogP contribution in [0.5, 0.6) is 0 Å². The van der Waals surface area contributed by atoms with E-state index in [9.17, 15) is 9.59 Å². The van der Waals surface area contributed by atoms with Crippen molar-refractivity contribution in [2.75, 3.05) is 6.54 Å². The van der Waals surface area contributed by atoms with E-state index in [1.807, 2.05) is 41.3 Å². The summed E-state index contributed by atoms with van der Waals surface area (Å²) < 4.78 is 0. The number of nitrogens with one attached hydrogen (secondary N) is 1. The van der Waals surface area contributed by atoms with Gasteiger partial charge in [-0.2, -0.15) is 0 Å². The first kappa shape index (κ1) is 13.6. The summed E-state index contributed by atoms with van der Waals surface area (Å²) in [7, 11) is 0. The zero-order chi connectivity index (χ0) is 14.7. The summed E-state index contributed by atoms with van der Waals surface area (Å²) in [6, 6.07) is 12.8. The fourth-order valence-electron chi connectivity index (χ4n) is 2.90. The molecule has 1 saturated heterocycles. The summed E-state index contributed by atoms with van der Waals surface area (Å²) in [5.41, 5.74) is 1.60. The summed E-state index contributed by atoms with van der Waals surface area (Å²) in [6.07, 6.45) is 4.79. The molecule has 2 aromatic rings. The first-order chi connectivity index (χ1) is 10.3. The average Bonchev–Trinajstić information content (AvgIpc) is 2.56. The lowest BCUT2D eigenvalue weighted by molar-refractivity contribution is 0.0611. The van der Waals surface area contributed by atoms with Crippen LogP contribution in [0.1, 0.15) is 41.2 Å². The highest BCUT2D eigenvalue weighted by atomic mass is 16.2. The third-order valence-electron chi connectivity index (χ3n) is 3.98. The van der Waals surface area contributed by atoms with E-state index in [-0.39, 0.29) is 17.5 Å². The molecule has 1 amide bonds. The largest absolute Gasteiger partial charge is 0.332 e. The number of carbonyl (C=O) groups excluding carboxylic acids is 1. The lowest BCUT2D eigenvalue weighted by Crippen LogP contribution is -2.38. The van der Waals surface area contributed by atoms with Crippen LogP contribution >= 0.6 is 0 Å². The second kappa shape index (κ2) is 5.95. The number of carbonyl (C=O) groups is 1. The molecule has 3 rings (SSSR count). The van der Waals surface area contributed by atoms with Gasteiger partial charge in [0, 0.05) is 24.4 Å². The van der Waals surface area contributed by atoms with Gasteiger partial charge in [-0.25, -0.2) is 0 Å². The molecule has 108 valence electrons. The molecule has 2 heterocycles.